The monoisotopic (exact) mass is 233 g/mol. The van der Waals surface area contributed by atoms with Crippen LogP contribution in [0.4, 0.5) is 0 Å². The third-order valence-electron chi connectivity index (χ3n) is 2.47. The van der Waals surface area contributed by atoms with E-state index in [0.717, 1.165) is 0 Å². The molecule has 0 saturated carbocycles. The molecule has 0 unspecified atom stereocenters. The number of benzene rings is 1. The van der Waals surface area contributed by atoms with Crippen LogP contribution in [0.5, 0.6) is 0 Å². The molecular formula is C16H27N. The number of hydrogen-bond donors (Lipinski definition) is 1. The van der Waals surface area contributed by atoms with Crippen LogP contribution in [0.15, 0.2) is 30.5 Å². The molecule has 2 aromatic rings. The fraction of sp³-hybridized carbons (Fsp3) is 0.500. The summed E-state index contributed by atoms with van der Waals surface area (Å²) in [5.74, 6) is 0. The number of hydrogen-bond acceptors (Lipinski definition) is 0. The van der Waals surface area contributed by atoms with Crippen LogP contribution < -0.4 is 0 Å². The zero-order valence-corrected chi connectivity index (χ0v) is 12.0. The largest absolute Gasteiger partial charge is 0.361 e. The van der Waals surface area contributed by atoms with Crippen molar-refractivity contribution in [3.05, 3.63) is 36.0 Å². The Bertz CT molecular complexity index is 387. The number of para-hydroxylation sites is 1. The summed E-state index contributed by atoms with van der Waals surface area (Å²) >= 11 is 0. The first-order chi connectivity index (χ1) is 8.42. The van der Waals surface area contributed by atoms with E-state index in [9.17, 15) is 0 Å². The summed E-state index contributed by atoms with van der Waals surface area (Å²) in [4.78, 5) is 3.30. The van der Waals surface area contributed by atoms with Crippen LogP contribution in [-0.2, 0) is 6.42 Å². The van der Waals surface area contributed by atoms with Crippen molar-refractivity contribution in [3.63, 3.8) is 0 Å². The van der Waals surface area contributed by atoms with Crippen LogP contribution in [-0.4, -0.2) is 4.98 Å². The molecule has 1 N–H and O–H groups in total. The normalized spacial score (nSPS) is 9.00. The number of fused-ring (bicyclic) bond motifs is 1. The molecule has 0 amide bonds. The van der Waals surface area contributed by atoms with Gasteiger partial charge in [-0.25, -0.2) is 0 Å². The van der Waals surface area contributed by atoms with Crippen molar-refractivity contribution in [2.24, 2.45) is 0 Å². The summed E-state index contributed by atoms with van der Waals surface area (Å²) in [7, 11) is 0. The second kappa shape index (κ2) is 9.95. The lowest BCUT2D eigenvalue weighted by molar-refractivity contribution is 0.799. The topological polar surface area (TPSA) is 15.8 Å². The van der Waals surface area contributed by atoms with Gasteiger partial charge in [0, 0.05) is 17.1 Å². The van der Waals surface area contributed by atoms with Gasteiger partial charge in [-0.1, -0.05) is 59.2 Å². The third kappa shape index (κ3) is 4.64. The Kier molecular flexibility index (Phi) is 9.22. The van der Waals surface area contributed by atoms with Gasteiger partial charge in [-0.2, -0.15) is 0 Å². The predicted octanol–water partition coefficient (Wildman–Crippen LogP) is 5.56. The standard InChI is InChI=1S/C12H15N.2C2H6/c1-2-3-6-10-9-13-12-8-5-4-7-11(10)12;2*1-2/h4-5,7-9,13H,2-3,6H2,1H3;2*1-2H3. The van der Waals surface area contributed by atoms with Crippen molar-refractivity contribution in [1.29, 1.82) is 0 Å². The molecule has 0 atom stereocenters. The lowest BCUT2D eigenvalue weighted by Crippen LogP contribution is -1.80. The first kappa shape index (κ1) is 15.8. The minimum Gasteiger partial charge on any atom is -0.361 e. The molecule has 0 aliphatic heterocycles. The Balaban J connectivity index is 0.000000581. The van der Waals surface area contributed by atoms with Crippen molar-refractivity contribution in [2.45, 2.75) is 53.9 Å². The van der Waals surface area contributed by atoms with Crippen LogP contribution in [0.25, 0.3) is 10.9 Å². The number of aryl methyl sites for hydroxylation is 1. The van der Waals surface area contributed by atoms with Crippen molar-refractivity contribution in [2.75, 3.05) is 0 Å². The van der Waals surface area contributed by atoms with Gasteiger partial charge in [0.2, 0.25) is 0 Å². The molecule has 0 bridgehead atoms. The highest BCUT2D eigenvalue weighted by molar-refractivity contribution is 5.82. The summed E-state index contributed by atoms with van der Waals surface area (Å²) in [6.45, 7) is 10.2. The van der Waals surface area contributed by atoms with E-state index in [2.05, 4.69) is 42.4 Å². The lowest BCUT2D eigenvalue weighted by Gasteiger charge is -1.95. The summed E-state index contributed by atoms with van der Waals surface area (Å²) in [5.41, 5.74) is 2.71. The van der Waals surface area contributed by atoms with E-state index < -0.39 is 0 Å². The van der Waals surface area contributed by atoms with E-state index in [1.54, 1.807) is 0 Å². The molecule has 0 spiro atoms. The zero-order valence-electron chi connectivity index (χ0n) is 12.0. The number of aromatic nitrogens is 1. The maximum atomic E-state index is 3.30. The molecule has 0 aliphatic carbocycles. The minimum absolute atomic E-state index is 1.19. The van der Waals surface area contributed by atoms with Crippen molar-refractivity contribution in [3.8, 4) is 0 Å². The second-order valence-corrected chi connectivity index (χ2v) is 3.46. The molecule has 1 nitrogen and oxygen atoms in total. The van der Waals surface area contributed by atoms with Crippen molar-refractivity contribution < 1.29 is 0 Å². The van der Waals surface area contributed by atoms with E-state index in [0.29, 0.717) is 0 Å². The first-order valence-corrected chi connectivity index (χ1v) is 6.97. The molecule has 1 heteroatoms. The third-order valence-corrected chi connectivity index (χ3v) is 2.47. The van der Waals surface area contributed by atoms with Crippen LogP contribution in [0.3, 0.4) is 0 Å². The highest BCUT2D eigenvalue weighted by atomic mass is 14.7. The molecule has 0 saturated heterocycles. The SMILES string of the molecule is CC.CC.CCCCc1c[nH]c2ccccc12. The Morgan fingerprint density at radius 1 is 1.00 bits per heavy atom. The number of aromatic amines is 1. The van der Waals surface area contributed by atoms with Gasteiger partial charge in [-0.15, -0.1) is 0 Å². The van der Waals surface area contributed by atoms with Gasteiger partial charge in [-0.3, -0.25) is 0 Å². The van der Waals surface area contributed by atoms with Gasteiger partial charge in [-0.05, 0) is 24.5 Å². The summed E-state index contributed by atoms with van der Waals surface area (Å²) in [6, 6.07) is 8.50. The number of nitrogens with one attached hydrogen (secondary N) is 1. The van der Waals surface area contributed by atoms with Gasteiger partial charge >= 0.3 is 0 Å². The molecule has 0 aliphatic rings. The molecule has 0 radical (unpaired) electrons. The Labute approximate surface area is 106 Å². The van der Waals surface area contributed by atoms with Gasteiger partial charge in [0.1, 0.15) is 0 Å². The van der Waals surface area contributed by atoms with E-state index >= 15 is 0 Å². The molecule has 17 heavy (non-hydrogen) atoms. The first-order valence-electron chi connectivity index (χ1n) is 6.97. The average molecular weight is 233 g/mol. The summed E-state index contributed by atoms with van der Waals surface area (Å²) in [5, 5.41) is 1.39. The van der Waals surface area contributed by atoms with Crippen molar-refractivity contribution >= 4 is 10.9 Å². The fourth-order valence-electron chi connectivity index (χ4n) is 1.71. The Hall–Kier alpha value is -1.24. The van der Waals surface area contributed by atoms with E-state index in [1.165, 1.54) is 35.7 Å². The predicted molar refractivity (Wildman–Crippen MR) is 79.6 cm³/mol. The molecule has 0 fully saturated rings. The number of unbranched alkanes of at least 4 members (excludes halogenated alkanes) is 1. The smallest absolute Gasteiger partial charge is 0.0456 e. The Morgan fingerprint density at radius 3 is 2.29 bits per heavy atom. The van der Waals surface area contributed by atoms with E-state index in [4.69, 9.17) is 0 Å². The van der Waals surface area contributed by atoms with Crippen molar-refractivity contribution in [1.82, 2.24) is 4.98 Å². The second-order valence-electron chi connectivity index (χ2n) is 3.46. The van der Waals surface area contributed by atoms with Crippen LogP contribution in [0.1, 0.15) is 53.0 Å². The van der Waals surface area contributed by atoms with E-state index in [-0.39, 0.29) is 0 Å². The quantitative estimate of drug-likeness (QED) is 0.714. The number of H-pyrrole nitrogens is 1. The van der Waals surface area contributed by atoms with Gasteiger partial charge in [0.05, 0.1) is 0 Å². The average Bonchev–Trinajstić information content (AvgIpc) is 2.84. The Morgan fingerprint density at radius 2 is 1.65 bits per heavy atom. The van der Waals surface area contributed by atoms with E-state index in [1.807, 2.05) is 27.7 Å². The molecule has 2 rings (SSSR count). The minimum atomic E-state index is 1.19. The maximum Gasteiger partial charge on any atom is 0.0456 e. The van der Waals surface area contributed by atoms with Gasteiger partial charge in [0.15, 0.2) is 0 Å². The zero-order chi connectivity index (χ0) is 13.1. The molecule has 1 aromatic heterocycles. The summed E-state index contributed by atoms with van der Waals surface area (Å²) < 4.78 is 0. The molecule has 96 valence electrons. The maximum absolute atomic E-state index is 3.30. The van der Waals surface area contributed by atoms with Crippen LogP contribution in [0.2, 0.25) is 0 Å². The summed E-state index contributed by atoms with van der Waals surface area (Å²) in [6.07, 6.45) is 5.88. The highest BCUT2D eigenvalue weighted by Crippen LogP contribution is 2.19. The molecule has 1 aromatic carbocycles. The fourth-order valence-corrected chi connectivity index (χ4v) is 1.71. The highest BCUT2D eigenvalue weighted by Gasteiger charge is 2.00. The van der Waals surface area contributed by atoms with Crippen LogP contribution >= 0.6 is 0 Å². The molecular weight excluding hydrogens is 206 g/mol. The number of rotatable bonds is 3. The van der Waals surface area contributed by atoms with Gasteiger partial charge in [0.25, 0.3) is 0 Å². The molecule has 1 heterocycles. The lowest BCUT2D eigenvalue weighted by atomic mass is 10.1. The van der Waals surface area contributed by atoms with Gasteiger partial charge < -0.3 is 4.98 Å². The van der Waals surface area contributed by atoms with Crippen LogP contribution in [0, 0.1) is 0 Å².